The zero-order chi connectivity index (χ0) is 39.4. The summed E-state index contributed by atoms with van der Waals surface area (Å²) in [5.74, 6) is -0.130. The monoisotopic (exact) mass is 760 g/mol. The Kier molecular flexibility index (Phi) is 42.2. The summed E-state index contributed by atoms with van der Waals surface area (Å²) in [5.41, 5.74) is 0. The van der Waals surface area contributed by atoms with Crippen LogP contribution in [0.15, 0.2) is 36.5 Å². The maximum atomic E-state index is 12.4. The number of allylic oxidation sites excluding steroid dienone is 5. The molecule has 0 aliphatic heterocycles. The van der Waals surface area contributed by atoms with Gasteiger partial charge in [-0.3, -0.25) is 9.59 Å². The predicted octanol–water partition coefficient (Wildman–Crippen LogP) is 13.3. The van der Waals surface area contributed by atoms with Crippen LogP contribution in [-0.4, -0.2) is 47.4 Å². The number of carbonyl (C=O) groups excluding carboxylic acids is 2. The summed E-state index contributed by atoms with van der Waals surface area (Å²) in [5, 5.41) is 23.0. The van der Waals surface area contributed by atoms with E-state index in [4.69, 9.17) is 4.74 Å². The number of nitrogens with one attached hydrogen (secondary N) is 1. The Labute approximate surface area is 334 Å². The fourth-order valence-corrected chi connectivity index (χ4v) is 6.79. The number of ether oxygens (including phenoxy) is 1. The van der Waals surface area contributed by atoms with Crippen molar-refractivity contribution in [3.63, 3.8) is 0 Å². The van der Waals surface area contributed by atoms with Crippen molar-refractivity contribution in [2.24, 2.45) is 0 Å². The first-order chi connectivity index (χ1) is 26.5. The lowest BCUT2D eigenvalue weighted by Gasteiger charge is -2.20. The highest BCUT2D eigenvalue weighted by atomic mass is 16.5. The maximum absolute atomic E-state index is 12.4. The van der Waals surface area contributed by atoms with E-state index >= 15 is 0 Å². The van der Waals surface area contributed by atoms with E-state index in [1.807, 2.05) is 6.08 Å². The third-order valence-electron chi connectivity index (χ3n) is 10.4. The molecule has 0 rings (SSSR count). The van der Waals surface area contributed by atoms with Crippen LogP contribution < -0.4 is 5.32 Å². The lowest BCUT2D eigenvalue weighted by molar-refractivity contribution is -0.143. The lowest BCUT2D eigenvalue weighted by atomic mass is 10.0. The average molecular weight is 760 g/mol. The van der Waals surface area contributed by atoms with E-state index in [2.05, 4.69) is 43.5 Å². The molecule has 0 saturated carbocycles. The van der Waals surface area contributed by atoms with Gasteiger partial charge < -0.3 is 20.3 Å². The SMILES string of the molecule is CCC/C=C\C/C=C\CCCCCCCC(=O)OCCCCCCCCCCCCC(=O)NC(CO)C(O)/C=C/CCCCCCCCCCCCCC. The molecule has 2 atom stereocenters. The van der Waals surface area contributed by atoms with Crippen molar-refractivity contribution in [3.8, 4) is 0 Å². The zero-order valence-corrected chi connectivity index (χ0v) is 35.7. The number of esters is 1. The van der Waals surface area contributed by atoms with Crippen LogP contribution >= 0.6 is 0 Å². The topological polar surface area (TPSA) is 95.9 Å². The van der Waals surface area contributed by atoms with Gasteiger partial charge in [0.2, 0.25) is 5.91 Å². The molecule has 6 heteroatoms. The van der Waals surface area contributed by atoms with Crippen molar-refractivity contribution in [2.75, 3.05) is 13.2 Å². The van der Waals surface area contributed by atoms with Crippen LogP contribution in [0, 0.1) is 0 Å². The third-order valence-corrected chi connectivity index (χ3v) is 10.4. The van der Waals surface area contributed by atoms with E-state index in [9.17, 15) is 19.8 Å². The van der Waals surface area contributed by atoms with Gasteiger partial charge in [-0.05, 0) is 57.8 Å². The molecule has 3 N–H and O–H groups in total. The summed E-state index contributed by atoms with van der Waals surface area (Å²) >= 11 is 0. The van der Waals surface area contributed by atoms with Crippen molar-refractivity contribution in [1.29, 1.82) is 0 Å². The molecule has 316 valence electrons. The number of hydrogen-bond donors (Lipinski definition) is 3. The fraction of sp³-hybridized carbons (Fsp3) is 0.833. The molecule has 0 saturated heterocycles. The number of carbonyl (C=O) groups is 2. The minimum absolute atomic E-state index is 0.0371. The van der Waals surface area contributed by atoms with Crippen LogP contribution in [0.1, 0.15) is 232 Å². The molecule has 0 aliphatic carbocycles. The van der Waals surface area contributed by atoms with E-state index < -0.39 is 12.1 Å². The number of aliphatic hydroxyl groups is 2. The first kappa shape index (κ1) is 52.1. The molecule has 0 radical (unpaired) electrons. The number of amides is 1. The number of rotatable bonds is 42. The van der Waals surface area contributed by atoms with Crippen molar-refractivity contribution in [3.05, 3.63) is 36.5 Å². The van der Waals surface area contributed by atoms with Gasteiger partial charge in [0.05, 0.1) is 25.4 Å². The molecule has 0 heterocycles. The highest BCUT2D eigenvalue weighted by Crippen LogP contribution is 2.14. The molecule has 0 aromatic heterocycles. The average Bonchev–Trinajstić information content (AvgIpc) is 3.17. The maximum Gasteiger partial charge on any atom is 0.305 e. The highest BCUT2D eigenvalue weighted by molar-refractivity contribution is 5.76. The van der Waals surface area contributed by atoms with Crippen molar-refractivity contribution in [2.45, 2.75) is 244 Å². The van der Waals surface area contributed by atoms with Crippen LogP contribution in [0.25, 0.3) is 0 Å². The molecule has 6 nitrogen and oxygen atoms in total. The van der Waals surface area contributed by atoms with Gasteiger partial charge in [-0.15, -0.1) is 0 Å². The van der Waals surface area contributed by atoms with Gasteiger partial charge in [0, 0.05) is 12.8 Å². The highest BCUT2D eigenvalue weighted by Gasteiger charge is 2.18. The van der Waals surface area contributed by atoms with Gasteiger partial charge in [0.15, 0.2) is 0 Å². The van der Waals surface area contributed by atoms with E-state index in [-0.39, 0.29) is 18.5 Å². The Morgan fingerprint density at radius 3 is 1.48 bits per heavy atom. The second-order valence-electron chi connectivity index (χ2n) is 15.7. The van der Waals surface area contributed by atoms with Gasteiger partial charge in [-0.25, -0.2) is 0 Å². The second-order valence-corrected chi connectivity index (χ2v) is 15.7. The van der Waals surface area contributed by atoms with Gasteiger partial charge in [-0.1, -0.05) is 198 Å². The molecule has 0 aromatic rings. The summed E-state index contributed by atoms with van der Waals surface area (Å²) in [6, 6.07) is -0.645. The molecular formula is C48H89NO5. The Morgan fingerprint density at radius 1 is 0.519 bits per heavy atom. The summed E-state index contributed by atoms with van der Waals surface area (Å²) in [6.07, 6.45) is 51.2. The van der Waals surface area contributed by atoms with E-state index in [1.54, 1.807) is 6.08 Å². The molecular weight excluding hydrogens is 671 g/mol. The molecule has 0 aromatic carbocycles. The number of unbranched alkanes of at least 4 members (excludes halogenated alkanes) is 27. The Morgan fingerprint density at radius 2 is 0.963 bits per heavy atom. The lowest BCUT2D eigenvalue weighted by Crippen LogP contribution is -2.45. The minimum atomic E-state index is -0.859. The first-order valence-electron chi connectivity index (χ1n) is 23.3. The first-order valence-corrected chi connectivity index (χ1v) is 23.3. The summed E-state index contributed by atoms with van der Waals surface area (Å²) < 4.78 is 5.43. The van der Waals surface area contributed by atoms with Gasteiger partial charge in [-0.2, -0.15) is 0 Å². The largest absolute Gasteiger partial charge is 0.466 e. The van der Waals surface area contributed by atoms with Gasteiger partial charge in [0.1, 0.15) is 0 Å². The zero-order valence-electron chi connectivity index (χ0n) is 35.7. The van der Waals surface area contributed by atoms with Crippen molar-refractivity contribution >= 4 is 11.9 Å². The molecule has 0 spiro atoms. The molecule has 0 aliphatic rings. The fourth-order valence-electron chi connectivity index (χ4n) is 6.79. The van der Waals surface area contributed by atoms with Gasteiger partial charge in [0.25, 0.3) is 0 Å². The third kappa shape index (κ3) is 39.8. The second kappa shape index (κ2) is 43.8. The van der Waals surface area contributed by atoms with Crippen LogP contribution in [0.2, 0.25) is 0 Å². The Bertz CT molecular complexity index is 884. The van der Waals surface area contributed by atoms with Crippen LogP contribution in [0.3, 0.4) is 0 Å². The number of aliphatic hydroxyl groups excluding tert-OH is 2. The van der Waals surface area contributed by atoms with Crippen LogP contribution in [-0.2, 0) is 14.3 Å². The normalized spacial score (nSPS) is 13.0. The molecule has 0 fully saturated rings. The molecule has 54 heavy (non-hydrogen) atoms. The molecule has 1 amide bonds. The summed E-state index contributed by atoms with van der Waals surface area (Å²) in [6.45, 7) is 4.76. The summed E-state index contributed by atoms with van der Waals surface area (Å²) in [4.78, 5) is 24.4. The van der Waals surface area contributed by atoms with E-state index in [0.717, 1.165) is 70.6 Å². The smallest absolute Gasteiger partial charge is 0.305 e. The Balaban J connectivity index is 3.55. The predicted molar refractivity (Wildman–Crippen MR) is 232 cm³/mol. The van der Waals surface area contributed by atoms with E-state index in [0.29, 0.717) is 19.4 Å². The van der Waals surface area contributed by atoms with Crippen LogP contribution in [0.4, 0.5) is 0 Å². The quantitative estimate of drug-likeness (QED) is 0.0327. The molecule has 2 unspecified atom stereocenters. The van der Waals surface area contributed by atoms with Gasteiger partial charge >= 0.3 is 5.97 Å². The van der Waals surface area contributed by atoms with Crippen molar-refractivity contribution < 1.29 is 24.5 Å². The van der Waals surface area contributed by atoms with E-state index in [1.165, 1.54) is 135 Å². The standard InChI is InChI=1S/C48H89NO5/c1-3-5-7-9-11-13-15-17-19-20-24-28-32-36-40-46(51)45(44-50)49-47(52)41-37-33-29-25-22-23-27-31-35-39-43-54-48(53)42-38-34-30-26-21-18-16-14-12-10-8-6-4-2/h8,10,14,16,36,40,45-46,50-51H,3-7,9,11-13,15,17-35,37-39,41-44H2,1-2H3,(H,49,52)/b10-8-,16-14-,40-36+. The molecule has 0 bridgehead atoms. The summed E-state index contributed by atoms with van der Waals surface area (Å²) in [7, 11) is 0. The van der Waals surface area contributed by atoms with Crippen molar-refractivity contribution in [1.82, 2.24) is 5.32 Å². The van der Waals surface area contributed by atoms with Crippen LogP contribution in [0.5, 0.6) is 0 Å². The number of hydrogen-bond acceptors (Lipinski definition) is 5. The minimum Gasteiger partial charge on any atom is -0.466 e. The Hall–Kier alpha value is -1.92.